The Kier molecular flexibility index (Phi) is 4.23. The Morgan fingerprint density at radius 3 is 2.74 bits per heavy atom. The molecule has 1 aliphatic rings. The number of nitrogens with zero attached hydrogens (tertiary/aromatic N) is 3. The lowest BCUT2D eigenvalue weighted by molar-refractivity contribution is -0.117. The van der Waals surface area contributed by atoms with Crippen LogP contribution in [0.25, 0.3) is 10.9 Å². The van der Waals surface area contributed by atoms with E-state index in [-0.39, 0.29) is 23.4 Å². The number of hydrogen-bond acceptors (Lipinski definition) is 5. The second-order valence-electron chi connectivity index (χ2n) is 6.54. The molecule has 0 bridgehead atoms. The van der Waals surface area contributed by atoms with E-state index in [4.69, 9.17) is 4.74 Å². The molecule has 0 unspecified atom stereocenters. The molecule has 138 valence electrons. The van der Waals surface area contributed by atoms with Gasteiger partial charge in [0.2, 0.25) is 5.91 Å². The van der Waals surface area contributed by atoms with E-state index in [1.54, 1.807) is 26.4 Å². The first-order chi connectivity index (χ1) is 13.0. The third-order valence-corrected chi connectivity index (χ3v) is 4.46. The van der Waals surface area contributed by atoms with Crippen molar-refractivity contribution in [2.75, 3.05) is 17.7 Å². The molecular formula is C19H19N5O3. The van der Waals surface area contributed by atoms with Crippen molar-refractivity contribution in [3.05, 3.63) is 42.2 Å². The number of fused-ring (bicyclic) bond motifs is 1. The van der Waals surface area contributed by atoms with E-state index >= 15 is 0 Å². The molecule has 27 heavy (non-hydrogen) atoms. The molecule has 1 saturated carbocycles. The zero-order valence-corrected chi connectivity index (χ0v) is 15.0. The van der Waals surface area contributed by atoms with Crippen LogP contribution < -0.4 is 15.4 Å². The lowest BCUT2D eigenvalue weighted by Crippen LogP contribution is -2.15. The molecule has 8 heteroatoms. The van der Waals surface area contributed by atoms with E-state index in [0.29, 0.717) is 11.5 Å². The normalized spacial score (nSPS) is 13.4. The molecule has 3 aromatic rings. The van der Waals surface area contributed by atoms with E-state index in [9.17, 15) is 9.59 Å². The number of benzene rings is 1. The molecule has 2 aromatic heterocycles. The van der Waals surface area contributed by atoms with Crippen molar-refractivity contribution in [1.82, 2.24) is 14.8 Å². The number of anilines is 2. The van der Waals surface area contributed by atoms with Gasteiger partial charge in [0.25, 0.3) is 5.91 Å². The van der Waals surface area contributed by atoms with E-state index in [1.807, 2.05) is 24.3 Å². The van der Waals surface area contributed by atoms with Crippen molar-refractivity contribution in [3.63, 3.8) is 0 Å². The average Bonchev–Trinajstić information content (AvgIpc) is 3.46. The van der Waals surface area contributed by atoms with E-state index in [0.717, 1.165) is 29.5 Å². The maximum absolute atomic E-state index is 12.5. The van der Waals surface area contributed by atoms with E-state index in [2.05, 4.69) is 20.7 Å². The van der Waals surface area contributed by atoms with Crippen molar-refractivity contribution in [2.45, 2.75) is 12.8 Å². The van der Waals surface area contributed by atoms with Crippen LogP contribution >= 0.6 is 0 Å². The highest BCUT2D eigenvalue weighted by Gasteiger charge is 2.30. The van der Waals surface area contributed by atoms with Crippen LogP contribution in [0.5, 0.6) is 5.75 Å². The number of carbonyl (C=O) groups excluding carboxylic acids is 2. The molecule has 1 aliphatic carbocycles. The Balaban J connectivity index is 1.50. The Labute approximate surface area is 155 Å². The van der Waals surface area contributed by atoms with Gasteiger partial charge in [-0.05, 0) is 31.0 Å². The molecule has 0 spiro atoms. The molecule has 2 heterocycles. The number of ether oxygens (including phenoxy) is 1. The van der Waals surface area contributed by atoms with Gasteiger partial charge in [-0.3, -0.25) is 19.3 Å². The minimum absolute atomic E-state index is 0.0286. The molecule has 1 fully saturated rings. The molecule has 8 nitrogen and oxygen atoms in total. The van der Waals surface area contributed by atoms with Crippen LogP contribution in [0.2, 0.25) is 0 Å². The number of aromatic nitrogens is 3. The van der Waals surface area contributed by atoms with Gasteiger partial charge >= 0.3 is 0 Å². The number of nitrogens with one attached hydrogen (secondary N) is 2. The van der Waals surface area contributed by atoms with Gasteiger partial charge in [0.1, 0.15) is 11.6 Å². The summed E-state index contributed by atoms with van der Waals surface area (Å²) in [5.74, 6) is 0.910. The summed E-state index contributed by atoms with van der Waals surface area (Å²) in [6.45, 7) is 0. The number of methoxy groups -OCH3 is 1. The SMILES string of the molecule is COc1ccc2cc(NC(=O)c3cc(NC(=O)C4CC4)n(C)n3)cnc2c1. The molecule has 1 aromatic carbocycles. The average molecular weight is 365 g/mol. The Bertz CT molecular complexity index is 1040. The summed E-state index contributed by atoms with van der Waals surface area (Å²) in [6.07, 6.45) is 3.41. The minimum atomic E-state index is -0.368. The van der Waals surface area contributed by atoms with Crippen molar-refractivity contribution < 1.29 is 14.3 Å². The summed E-state index contributed by atoms with van der Waals surface area (Å²) >= 11 is 0. The zero-order chi connectivity index (χ0) is 19.0. The fourth-order valence-corrected chi connectivity index (χ4v) is 2.76. The first-order valence-corrected chi connectivity index (χ1v) is 8.63. The number of amides is 2. The Hall–Kier alpha value is -3.42. The second-order valence-corrected chi connectivity index (χ2v) is 6.54. The van der Waals surface area contributed by atoms with Gasteiger partial charge in [0, 0.05) is 30.5 Å². The molecule has 2 amide bonds. The quantitative estimate of drug-likeness (QED) is 0.724. The Morgan fingerprint density at radius 2 is 2.00 bits per heavy atom. The maximum Gasteiger partial charge on any atom is 0.276 e. The molecule has 0 aliphatic heterocycles. The highest BCUT2D eigenvalue weighted by Crippen LogP contribution is 2.30. The number of carbonyl (C=O) groups is 2. The molecule has 0 atom stereocenters. The van der Waals surface area contributed by atoms with Crippen LogP contribution in [-0.4, -0.2) is 33.7 Å². The number of rotatable bonds is 5. The summed E-state index contributed by atoms with van der Waals surface area (Å²) in [5, 5.41) is 10.6. The fourth-order valence-electron chi connectivity index (χ4n) is 2.76. The monoisotopic (exact) mass is 365 g/mol. The van der Waals surface area contributed by atoms with Crippen LogP contribution in [-0.2, 0) is 11.8 Å². The predicted octanol–water partition coefficient (Wildman–Crippen LogP) is 2.58. The molecule has 4 rings (SSSR count). The smallest absolute Gasteiger partial charge is 0.276 e. The zero-order valence-electron chi connectivity index (χ0n) is 15.0. The fraction of sp³-hybridized carbons (Fsp3) is 0.263. The number of hydrogen-bond donors (Lipinski definition) is 2. The summed E-state index contributed by atoms with van der Waals surface area (Å²) < 4.78 is 6.67. The molecule has 0 radical (unpaired) electrons. The van der Waals surface area contributed by atoms with Gasteiger partial charge in [-0.2, -0.15) is 5.10 Å². The van der Waals surface area contributed by atoms with Gasteiger partial charge in [0.15, 0.2) is 5.69 Å². The van der Waals surface area contributed by atoms with Crippen LogP contribution in [0.15, 0.2) is 36.5 Å². The molecule has 2 N–H and O–H groups in total. The topological polar surface area (TPSA) is 98.1 Å². The molecule has 0 saturated heterocycles. The number of pyridine rings is 1. The van der Waals surface area contributed by atoms with Crippen LogP contribution in [0, 0.1) is 5.92 Å². The van der Waals surface area contributed by atoms with E-state index < -0.39 is 0 Å². The first-order valence-electron chi connectivity index (χ1n) is 8.63. The van der Waals surface area contributed by atoms with Gasteiger partial charge in [-0.15, -0.1) is 0 Å². The summed E-state index contributed by atoms with van der Waals surface area (Å²) in [7, 11) is 3.29. The van der Waals surface area contributed by atoms with Crippen LogP contribution in [0.4, 0.5) is 11.5 Å². The van der Waals surface area contributed by atoms with E-state index in [1.165, 1.54) is 4.68 Å². The van der Waals surface area contributed by atoms with Crippen LogP contribution in [0.3, 0.4) is 0 Å². The van der Waals surface area contributed by atoms with Gasteiger partial charge in [0.05, 0.1) is 24.5 Å². The van der Waals surface area contributed by atoms with Crippen LogP contribution in [0.1, 0.15) is 23.3 Å². The third kappa shape index (κ3) is 3.59. The van der Waals surface area contributed by atoms with Gasteiger partial charge < -0.3 is 15.4 Å². The first kappa shape index (κ1) is 17.0. The van der Waals surface area contributed by atoms with Crippen molar-refractivity contribution >= 4 is 34.2 Å². The maximum atomic E-state index is 12.5. The summed E-state index contributed by atoms with van der Waals surface area (Å²) in [4.78, 5) is 28.7. The number of aryl methyl sites for hydroxylation is 1. The lowest BCUT2D eigenvalue weighted by Gasteiger charge is -2.06. The van der Waals surface area contributed by atoms with Gasteiger partial charge in [-0.25, -0.2) is 0 Å². The highest BCUT2D eigenvalue weighted by molar-refractivity contribution is 6.04. The van der Waals surface area contributed by atoms with Crippen molar-refractivity contribution in [1.29, 1.82) is 0 Å². The van der Waals surface area contributed by atoms with Crippen molar-refractivity contribution in [2.24, 2.45) is 13.0 Å². The second kappa shape index (κ2) is 6.71. The highest BCUT2D eigenvalue weighted by atomic mass is 16.5. The largest absolute Gasteiger partial charge is 0.497 e. The lowest BCUT2D eigenvalue weighted by atomic mass is 10.2. The standard InChI is InChI=1S/C19H19N5O3/c1-24-17(22-18(25)11-3-4-11)9-16(23-24)19(26)21-13-7-12-5-6-14(27-2)8-15(12)20-10-13/h5-11H,3-4H2,1-2H3,(H,21,26)(H,22,25). The molecular weight excluding hydrogens is 346 g/mol. The predicted molar refractivity (Wildman–Crippen MR) is 101 cm³/mol. The minimum Gasteiger partial charge on any atom is -0.497 e. The van der Waals surface area contributed by atoms with Crippen molar-refractivity contribution in [3.8, 4) is 5.75 Å². The Morgan fingerprint density at radius 1 is 1.19 bits per heavy atom. The summed E-state index contributed by atoms with van der Waals surface area (Å²) in [5.41, 5.74) is 1.56. The van der Waals surface area contributed by atoms with Gasteiger partial charge in [-0.1, -0.05) is 0 Å². The third-order valence-electron chi connectivity index (χ3n) is 4.46. The summed E-state index contributed by atoms with van der Waals surface area (Å²) in [6, 6.07) is 8.94.